The molecule has 2 aromatic rings. The number of rotatable bonds is 6. The molecule has 0 aromatic carbocycles. The summed E-state index contributed by atoms with van der Waals surface area (Å²) in [5.74, 6) is 3.42. The Kier molecular flexibility index (Phi) is 4.41. The van der Waals surface area contributed by atoms with Gasteiger partial charge in [-0.3, -0.25) is 4.98 Å². The molecule has 2 saturated carbocycles. The number of aliphatic hydroxyl groups is 1. The molecular formula is C18H25N5O2. The van der Waals surface area contributed by atoms with E-state index in [0.29, 0.717) is 30.7 Å². The van der Waals surface area contributed by atoms with E-state index in [0.717, 1.165) is 36.6 Å². The van der Waals surface area contributed by atoms with Crippen LogP contribution in [0.1, 0.15) is 74.7 Å². The lowest BCUT2D eigenvalue weighted by molar-refractivity contribution is 0.137. The van der Waals surface area contributed by atoms with E-state index in [9.17, 15) is 5.11 Å². The first kappa shape index (κ1) is 16.4. The van der Waals surface area contributed by atoms with Crippen molar-refractivity contribution < 1.29 is 9.63 Å². The summed E-state index contributed by atoms with van der Waals surface area (Å²) >= 11 is 0. The molecule has 134 valence electrons. The van der Waals surface area contributed by atoms with E-state index < -0.39 is 0 Å². The van der Waals surface area contributed by atoms with Crippen molar-refractivity contribution in [2.24, 2.45) is 5.92 Å². The van der Waals surface area contributed by atoms with Crippen LogP contribution in [-0.2, 0) is 0 Å². The fourth-order valence-electron chi connectivity index (χ4n) is 3.58. The summed E-state index contributed by atoms with van der Waals surface area (Å²) in [5, 5.41) is 17.9. The molecule has 2 aliphatic rings. The van der Waals surface area contributed by atoms with Gasteiger partial charge in [0, 0.05) is 36.7 Å². The van der Waals surface area contributed by atoms with Crippen LogP contribution >= 0.6 is 0 Å². The van der Waals surface area contributed by atoms with Gasteiger partial charge in [0.1, 0.15) is 5.82 Å². The second-order valence-corrected chi connectivity index (χ2v) is 7.59. The molecule has 0 saturated heterocycles. The van der Waals surface area contributed by atoms with Crippen molar-refractivity contribution in [1.29, 1.82) is 0 Å². The minimum atomic E-state index is -0.368. The highest BCUT2D eigenvalue weighted by Crippen LogP contribution is 2.41. The summed E-state index contributed by atoms with van der Waals surface area (Å²) in [7, 11) is 0. The van der Waals surface area contributed by atoms with E-state index in [4.69, 9.17) is 4.52 Å². The first-order valence-electron chi connectivity index (χ1n) is 9.18. The highest BCUT2D eigenvalue weighted by Gasteiger charge is 2.38. The highest BCUT2D eigenvalue weighted by atomic mass is 16.5. The minimum Gasteiger partial charge on any atom is -0.393 e. The van der Waals surface area contributed by atoms with Gasteiger partial charge in [0.25, 0.3) is 0 Å². The lowest BCUT2D eigenvalue weighted by Crippen LogP contribution is -2.23. The summed E-state index contributed by atoms with van der Waals surface area (Å²) in [6.07, 6.45) is 6.89. The van der Waals surface area contributed by atoms with Crippen molar-refractivity contribution in [2.75, 3.05) is 11.9 Å². The standard InChI is InChI=1S/C18H25N5O2/c1-10(2)15-17(20-6-5-19-15)21-9-13-7-12(8-14(13)24)18-22-16(23-25-18)11-3-4-11/h5-6,10-14,24H,3-4,7-9H2,1-2H3,(H,20,21)/t12-,13+,14+/m0/s1. The largest absolute Gasteiger partial charge is 0.393 e. The predicted octanol–water partition coefficient (Wildman–Crippen LogP) is 2.83. The van der Waals surface area contributed by atoms with Crippen LogP contribution < -0.4 is 5.32 Å². The lowest BCUT2D eigenvalue weighted by atomic mass is 10.0. The summed E-state index contributed by atoms with van der Waals surface area (Å²) in [5.41, 5.74) is 0.956. The summed E-state index contributed by atoms with van der Waals surface area (Å²) < 4.78 is 5.44. The van der Waals surface area contributed by atoms with Crippen LogP contribution in [-0.4, -0.2) is 37.9 Å². The van der Waals surface area contributed by atoms with Crippen molar-refractivity contribution in [1.82, 2.24) is 20.1 Å². The number of nitrogens with one attached hydrogen (secondary N) is 1. The molecule has 2 aliphatic carbocycles. The van der Waals surface area contributed by atoms with Crippen molar-refractivity contribution >= 4 is 5.82 Å². The fraction of sp³-hybridized carbons (Fsp3) is 0.667. The van der Waals surface area contributed by atoms with Crippen molar-refractivity contribution in [3.05, 3.63) is 29.8 Å². The smallest absolute Gasteiger partial charge is 0.229 e. The molecule has 0 bridgehead atoms. The summed E-state index contributed by atoms with van der Waals surface area (Å²) in [6, 6.07) is 0. The van der Waals surface area contributed by atoms with Gasteiger partial charge in [0.15, 0.2) is 5.82 Å². The number of anilines is 1. The molecule has 2 N–H and O–H groups in total. The van der Waals surface area contributed by atoms with Gasteiger partial charge in [-0.1, -0.05) is 19.0 Å². The van der Waals surface area contributed by atoms with Crippen LogP contribution in [0, 0.1) is 5.92 Å². The third-order valence-corrected chi connectivity index (χ3v) is 5.21. The Bertz CT molecular complexity index is 728. The molecule has 0 aliphatic heterocycles. The van der Waals surface area contributed by atoms with Gasteiger partial charge in [-0.25, -0.2) is 4.98 Å². The van der Waals surface area contributed by atoms with Gasteiger partial charge < -0.3 is 14.9 Å². The van der Waals surface area contributed by atoms with Crippen molar-refractivity contribution in [3.8, 4) is 0 Å². The molecule has 0 unspecified atom stereocenters. The second-order valence-electron chi connectivity index (χ2n) is 7.59. The summed E-state index contributed by atoms with van der Waals surface area (Å²) in [4.78, 5) is 13.4. The van der Waals surface area contributed by atoms with Crippen LogP contribution in [0.25, 0.3) is 0 Å². The molecule has 7 nitrogen and oxygen atoms in total. The average Bonchev–Trinajstić information content (AvgIpc) is 3.22. The van der Waals surface area contributed by atoms with E-state index in [1.807, 2.05) is 0 Å². The molecule has 0 spiro atoms. The normalized spacial score (nSPS) is 26.3. The molecule has 7 heteroatoms. The van der Waals surface area contributed by atoms with E-state index in [1.165, 1.54) is 0 Å². The predicted molar refractivity (Wildman–Crippen MR) is 92.4 cm³/mol. The Balaban J connectivity index is 1.38. The number of aromatic nitrogens is 4. The Morgan fingerprint density at radius 2 is 2.00 bits per heavy atom. The molecular weight excluding hydrogens is 318 g/mol. The van der Waals surface area contributed by atoms with Crippen LogP contribution in [0.2, 0.25) is 0 Å². The van der Waals surface area contributed by atoms with Crippen molar-refractivity contribution in [2.45, 2.75) is 63.4 Å². The zero-order valence-electron chi connectivity index (χ0n) is 14.7. The Hall–Kier alpha value is -2.02. The Morgan fingerprint density at radius 3 is 2.76 bits per heavy atom. The fourth-order valence-corrected chi connectivity index (χ4v) is 3.58. The molecule has 4 rings (SSSR count). The monoisotopic (exact) mass is 343 g/mol. The van der Waals surface area contributed by atoms with Gasteiger partial charge in [0.2, 0.25) is 5.89 Å². The van der Waals surface area contributed by atoms with Crippen LogP contribution in [0.5, 0.6) is 0 Å². The maximum atomic E-state index is 10.4. The van der Waals surface area contributed by atoms with E-state index in [-0.39, 0.29) is 17.9 Å². The molecule has 2 aromatic heterocycles. The third kappa shape index (κ3) is 3.51. The number of hydrogen-bond donors (Lipinski definition) is 2. The maximum absolute atomic E-state index is 10.4. The molecule has 3 atom stereocenters. The highest BCUT2D eigenvalue weighted by molar-refractivity contribution is 5.41. The SMILES string of the molecule is CC(C)c1nccnc1NC[C@H]1C[C@H](c2nc(C3CC3)no2)C[C@H]1O. The number of hydrogen-bond acceptors (Lipinski definition) is 7. The molecule has 0 amide bonds. The molecule has 2 heterocycles. The molecule has 25 heavy (non-hydrogen) atoms. The molecule has 0 radical (unpaired) electrons. The molecule has 2 fully saturated rings. The van der Waals surface area contributed by atoms with E-state index in [2.05, 4.69) is 39.3 Å². The topological polar surface area (TPSA) is 97.0 Å². The van der Waals surface area contributed by atoms with Gasteiger partial charge in [0.05, 0.1) is 11.8 Å². The van der Waals surface area contributed by atoms with Crippen LogP contribution in [0.3, 0.4) is 0 Å². The van der Waals surface area contributed by atoms with Crippen LogP contribution in [0.4, 0.5) is 5.82 Å². The Labute approximate surface area is 147 Å². The van der Waals surface area contributed by atoms with Gasteiger partial charge in [-0.05, 0) is 31.6 Å². The average molecular weight is 343 g/mol. The second kappa shape index (κ2) is 6.71. The number of nitrogens with zero attached hydrogens (tertiary/aromatic N) is 4. The van der Waals surface area contributed by atoms with Gasteiger partial charge in [-0.2, -0.15) is 4.98 Å². The van der Waals surface area contributed by atoms with Gasteiger partial charge >= 0.3 is 0 Å². The first-order chi connectivity index (χ1) is 12.1. The lowest BCUT2D eigenvalue weighted by Gasteiger charge is -2.17. The zero-order valence-corrected chi connectivity index (χ0v) is 14.7. The van der Waals surface area contributed by atoms with E-state index in [1.54, 1.807) is 12.4 Å². The maximum Gasteiger partial charge on any atom is 0.229 e. The van der Waals surface area contributed by atoms with Crippen LogP contribution in [0.15, 0.2) is 16.9 Å². The number of aliphatic hydroxyl groups excluding tert-OH is 1. The zero-order chi connectivity index (χ0) is 17.4. The minimum absolute atomic E-state index is 0.142. The van der Waals surface area contributed by atoms with Gasteiger partial charge in [-0.15, -0.1) is 0 Å². The third-order valence-electron chi connectivity index (χ3n) is 5.21. The quantitative estimate of drug-likeness (QED) is 0.832. The van der Waals surface area contributed by atoms with E-state index >= 15 is 0 Å². The van der Waals surface area contributed by atoms with Crippen molar-refractivity contribution in [3.63, 3.8) is 0 Å². The Morgan fingerprint density at radius 1 is 1.20 bits per heavy atom. The first-order valence-corrected chi connectivity index (χ1v) is 9.18. The summed E-state index contributed by atoms with van der Waals surface area (Å²) in [6.45, 7) is 4.87.